The first-order valence-corrected chi connectivity index (χ1v) is 10.6. The summed E-state index contributed by atoms with van der Waals surface area (Å²) in [6.45, 7) is 5.24. The van der Waals surface area contributed by atoms with Gasteiger partial charge in [-0.05, 0) is 55.4 Å². The number of carbonyl (C=O) groups excluding carboxylic acids is 1. The van der Waals surface area contributed by atoms with Gasteiger partial charge >= 0.3 is 0 Å². The van der Waals surface area contributed by atoms with Gasteiger partial charge in [0.2, 0.25) is 15.9 Å². The first-order valence-electron chi connectivity index (χ1n) is 9.06. The van der Waals surface area contributed by atoms with Crippen molar-refractivity contribution in [3.8, 4) is 0 Å². The van der Waals surface area contributed by atoms with E-state index in [1.165, 1.54) is 24.3 Å². The average Bonchev–Trinajstić information content (AvgIpc) is 2.65. The molecule has 0 aliphatic heterocycles. The minimum absolute atomic E-state index is 0.00917. The second kappa shape index (κ2) is 9.18. The summed E-state index contributed by atoms with van der Waals surface area (Å²) in [7, 11) is 0.242. The fraction of sp³-hybridized carbons (Fsp3) is 0.350. The van der Waals surface area contributed by atoms with E-state index >= 15 is 0 Å². The van der Waals surface area contributed by atoms with E-state index in [0.717, 1.165) is 11.3 Å². The maximum Gasteiger partial charge on any atom is 0.241 e. The van der Waals surface area contributed by atoms with Crippen molar-refractivity contribution in [2.45, 2.75) is 31.3 Å². The minimum Gasteiger partial charge on any atom is -0.378 e. The van der Waals surface area contributed by atoms with Gasteiger partial charge in [0.25, 0.3) is 0 Å². The van der Waals surface area contributed by atoms with Crippen molar-refractivity contribution >= 4 is 27.3 Å². The second-order valence-corrected chi connectivity index (χ2v) is 8.42. The van der Waals surface area contributed by atoms with Gasteiger partial charge in [0.1, 0.15) is 0 Å². The molecular formula is C20H28N4O3S. The molecule has 28 heavy (non-hydrogen) atoms. The Morgan fingerprint density at radius 3 is 2.11 bits per heavy atom. The molecule has 0 aliphatic rings. The summed E-state index contributed by atoms with van der Waals surface area (Å²) >= 11 is 0. The fourth-order valence-corrected chi connectivity index (χ4v) is 3.31. The lowest BCUT2D eigenvalue weighted by Gasteiger charge is -2.27. The van der Waals surface area contributed by atoms with Gasteiger partial charge in [0, 0.05) is 32.0 Å². The Hall–Kier alpha value is -2.42. The summed E-state index contributed by atoms with van der Waals surface area (Å²) in [5.41, 5.74) is 2.78. The van der Waals surface area contributed by atoms with E-state index in [-0.39, 0.29) is 16.8 Å². The third-order valence-corrected chi connectivity index (χ3v) is 5.55. The first kappa shape index (κ1) is 21.9. The van der Waals surface area contributed by atoms with Crippen LogP contribution in [0.1, 0.15) is 19.4 Å². The summed E-state index contributed by atoms with van der Waals surface area (Å²) in [6, 6.07) is 13.7. The van der Waals surface area contributed by atoms with Crippen molar-refractivity contribution in [2.24, 2.45) is 5.14 Å². The van der Waals surface area contributed by atoms with Crippen LogP contribution in [0.3, 0.4) is 0 Å². The van der Waals surface area contributed by atoms with E-state index in [1.54, 1.807) is 0 Å². The zero-order valence-corrected chi connectivity index (χ0v) is 17.5. The number of benzene rings is 2. The molecule has 0 fully saturated rings. The first-order chi connectivity index (χ1) is 13.1. The van der Waals surface area contributed by atoms with E-state index in [9.17, 15) is 13.2 Å². The highest BCUT2D eigenvalue weighted by Crippen LogP contribution is 2.17. The summed E-state index contributed by atoms with van der Waals surface area (Å²) in [6.07, 6.45) is 0. The van der Waals surface area contributed by atoms with Crippen molar-refractivity contribution in [2.75, 3.05) is 30.9 Å². The molecule has 0 radical (unpaired) electrons. The van der Waals surface area contributed by atoms with Crippen molar-refractivity contribution in [3.05, 3.63) is 54.1 Å². The number of rotatable bonds is 8. The van der Waals surface area contributed by atoms with Crippen LogP contribution in [-0.2, 0) is 21.4 Å². The summed E-state index contributed by atoms with van der Waals surface area (Å²) in [5.74, 6) is -0.157. The number of hydrogen-bond donors (Lipinski definition) is 2. The number of carbonyl (C=O) groups is 1. The third-order valence-electron chi connectivity index (χ3n) is 4.62. The molecule has 1 atom stereocenters. The summed E-state index contributed by atoms with van der Waals surface area (Å²) in [4.78, 5) is 16.7. The van der Waals surface area contributed by atoms with Gasteiger partial charge in [-0.3, -0.25) is 9.69 Å². The van der Waals surface area contributed by atoms with Crippen molar-refractivity contribution in [1.82, 2.24) is 4.90 Å². The molecule has 152 valence electrons. The summed E-state index contributed by atoms with van der Waals surface area (Å²) in [5, 5.41) is 7.91. The van der Waals surface area contributed by atoms with Crippen LogP contribution in [0, 0.1) is 0 Å². The molecule has 0 saturated carbocycles. The van der Waals surface area contributed by atoms with Gasteiger partial charge in [0.05, 0.1) is 10.9 Å². The van der Waals surface area contributed by atoms with Gasteiger partial charge in [-0.25, -0.2) is 13.6 Å². The number of sulfonamides is 1. The van der Waals surface area contributed by atoms with Crippen LogP contribution in [0.4, 0.5) is 11.4 Å². The van der Waals surface area contributed by atoms with Crippen LogP contribution in [0.2, 0.25) is 0 Å². The Balaban J connectivity index is 2.03. The molecule has 0 unspecified atom stereocenters. The second-order valence-electron chi connectivity index (χ2n) is 6.86. The van der Waals surface area contributed by atoms with Crippen molar-refractivity contribution < 1.29 is 13.2 Å². The van der Waals surface area contributed by atoms with Crippen LogP contribution >= 0.6 is 0 Å². The number of nitrogens with zero attached hydrogens (tertiary/aromatic N) is 2. The van der Waals surface area contributed by atoms with Crippen LogP contribution in [0.15, 0.2) is 53.4 Å². The number of hydrogen-bond acceptors (Lipinski definition) is 5. The Bertz CT molecular complexity index is 894. The molecule has 0 aromatic heterocycles. The Morgan fingerprint density at radius 1 is 1.07 bits per heavy atom. The number of primary sulfonamides is 1. The van der Waals surface area contributed by atoms with Gasteiger partial charge in [-0.15, -0.1) is 0 Å². The molecule has 1 amide bonds. The number of anilines is 2. The maximum absolute atomic E-state index is 12.6. The number of amides is 1. The Kier molecular flexibility index (Phi) is 7.17. The van der Waals surface area contributed by atoms with E-state index in [4.69, 9.17) is 5.14 Å². The molecule has 0 saturated heterocycles. The highest BCUT2D eigenvalue weighted by molar-refractivity contribution is 7.89. The van der Waals surface area contributed by atoms with Gasteiger partial charge in [-0.1, -0.05) is 19.1 Å². The quantitative estimate of drug-likeness (QED) is 0.704. The predicted molar refractivity (Wildman–Crippen MR) is 113 cm³/mol. The molecule has 2 rings (SSSR count). The molecule has 0 bridgehead atoms. The lowest BCUT2D eigenvalue weighted by molar-refractivity contribution is -0.120. The monoisotopic (exact) mass is 404 g/mol. The SMILES string of the molecule is CCN(Cc1ccc(N(C)C)cc1)[C@H](C)C(=O)Nc1ccc(S(N)(=O)=O)cc1. The number of nitrogens with one attached hydrogen (secondary N) is 1. The molecule has 2 aromatic rings. The standard InChI is InChI=1S/C20H28N4O3S/c1-5-24(14-16-6-10-18(11-7-16)23(3)4)15(2)20(25)22-17-8-12-19(13-9-17)28(21,26)27/h6-13,15H,5,14H2,1-4H3,(H,22,25)(H2,21,26,27)/t15-/m1/s1. The van der Waals surface area contributed by atoms with Gasteiger partial charge in [-0.2, -0.15) is 0 Å². The third kappa shape index (κ3) is 5.79. The minimum atomic E-state index is -3.75. The lowest BCUT2D eigenvalue weighted by Crippen LogP contribution is -2.41. The largest absolute Gasteiger partial charge is 0.378 e. The molecule has 0 spiro atoms. The number of nitrogens with two attached hydrogens (primary N) is 1. The lowest BCUT2D eigenvalue weighted by atomic mass is 10.1. The average molecular weight is 405 g/mol. The van der Waals surface area contributed by atoms with E-state index in [1.807, 2.05) is 32.8 Å². The van der Waals surface area contributed by atoms with E-state index in [0.29, 0.717) is 18.8 Å². The van der Waals surface area contributed by atoms with Gasteiger partial charge < -0.3 is 10.2 Å². The normalized spacial score (nSPS) is 12.6. The van der Waals surface area contributed by atoms with Crippen LogP contribution in [-0.4, -0.2) is 45.9 Å². The molecule has 0 heterocycles. The topological polar surface area (TPSA) is 95.7 Å². The zero-order chi connectivity index (χ0) is 20.9. The zero-order valence-electron chi connectivity index (χ0n) is 16.7. The molecule has 0 aliphatic carbocycles. The fourth-order valence-electron chi connectivity index (χ4n) is 2.80. The van der Waals surface area contributed by atoms with E-state index < -0.39 is 10.0 Å². The maximum atomic E-state index is 12.6. The molecule has 2 aromatic carbocycles. The predicted octanol–water partition coefficient (Wildman–Crippen LogP) is 2.25. The molecule has 8 heteroatoms. The molecule has 7 nitrogen and oxygen atoms in total. The van der Waals surface area contributed by atoms with Crippen LogP contribution < -0.4 is 15.4 Å². The summed E-state index contributed by atoms with van der Waals surface area (Å²) < 4.78 is 22.6. The van der Waals surface area contributed by atoms with Crippen LogP contribution in [0.5, 0.6) is 0 Å². The molecule has 3 N–H and O–H groups in total. The van der Waals surface area contributed by atoms with Crippen molar-refractivity contribution in [3.63, 3.8) is 0 Å². The Morgan fingerprint density at radius 2 is 1.64 bits per heavy atom. The van der Waals surface area contributed by atoms with Crippen LogP contribution in [0.25, 0.3) is 0 Å². The smallest absolute Gasteiger partial charge is 0.241 e. The van der Waals surface area contributed by atoms with E-state index in [2.05, 4.69) is 34.5 Å². The molecular weight excluding hydrogens is 376 g/mol. The highest BCUT2D eigenvalue weighted by Gasteiger charge is 2.20. The Labute approximate surface area is 167 Å². The number of likely N-dealkylation sites (N-methyl/N-ethyl adjacent to an activating group) is 1. The van der Waals surface area contributed by atoms with Crippen molar-refractivity contribution in [1.29, 1.82) is 0 Å². The highest BCUT2D eigenvalue weighted by atomic mass is 32.2. The van der Waals surface area contributed by atoms with Gasteiger partial charge in [0.15, 0.2) is 0 Å².